The molecule has 1 unspecified atom stereocenters. The van der Waals surface area contributed by atoms with Crippen LogP contribution in [0.3, 0.4) is 0 Å². The number of benzene rings is 1. The van der Waals surface area contributed by atoms with Gasteiger partial charge in [-0.05, 0) is 0 Å². The molecule has 0 bridgehead atoms. The minimum atomic E-state index is -0.667. The van der Waals surface area contributed by atoms with Crippen LogP contribution in [0, 0.1) is 11.3 Å². The summed E-state index contributed by atoms with van der Waals surface area (Å²) >= 11 is 5.80. The number of carbonyl (C=O) groups is 1. The molecule has 25 heavy (non-hydrogen) atoms. The third-order valence-corrected chi connectivity index (χ3v) is 4.20. The van der Waals surface area contributed by atoms with E-state index in [-0.39, 0.29) is 18.5 Å². The van der Waals surface area contributed by atoms with Crippen molar-refractivity contribution < 1.29 is 4.79 Å². The number of nitriles is 1. The third kappa shape index (κ3) is 2.53. The molecule has 0 saturated carbocycles. The molecule has 1 saturated heterocycles. The van der Waals surface area contributed by atoms with E-state index >= 15 is 0 Å². The molecule has 1 fully saturated rings. The Bertz CT molecular complexity index is 995. The summed E-state index contributed by atoms with van der Waals surface area (Å²) in [6.45, 7) is 0.167. The van der Waals surface area contributed by atoms with Gasteiger partial charge in [-0.2, -0.15) is 5.26 Å². The van der Waals surface area contributed by atoms with Gasteiger partial charge < -0.3 is 0 Å². The number of aromatic nitrogens is 3. The van der Waals surface area contributed by atoms with Crippen LogP contribution in [0.25, 0.3) is 10.8 Å². The van der Waals surface area contributed by atoms with Crippen molar-refractivity contribution in [2.24, 2.45) is 0 Å². The van der Waals surface area contributed by atoms with Crippen LogP contribution in [-0.4, -0.2) is 33.6 Å². The summed E-state index contributed by atoms with van der Waals surface area (Å²) in [5.41, 5.74) is 0.589. The summed E-state index contributed by atoms with van der Waals surface area (Å²) in [5, 5.41) is 11.7. The van der Waals surface area contributed by atoms with Crippen molar-refractivity contribution in [3.05, 3.63) is 54.1 Å². The summed E-state index contributed by atoms with van der Waals surface area (Å²) in [6.07, 6.45) is 6.15. The molecule has 4 rings (SSSR count). The Morgan fingerprint density at radius 1 is 1.16 bits per heavy atom. The molecule has 0 aliphatic carbocycles. The minimum absolute atomic E-state index is 0.167. The monoisotopic (exact) mass is 350 g/mol. The number of fused-ring (bicyclic) bond motifs is 1. The average molecular weight is 351 g/mol. The molecular weight excluding hydrogens is 340 g/mol. The van der Waals surface area contributed by atoms with Gasteiger partial charge in [0, 0.05) is 17.0 Å². The van der Waals surface area contributed by atoms with Crippen LogP contribution in [0.1, 0.15) is 0 Å². The normalized spacial score (nSPS) is 17.1. The van der Waals surface area contributed by atoms with Crippen LogP contribution in [-0.2, 0) is 0 Å². The second-order valence-corrected chi connectivity index (χ2v) is 5.93. The van der Waals surface area contributed by atoms with E-state index in [1.54, 1.807) is 12.4 Å². The van der Waals surface area contributed by atoms with Crippen LogP contribution in [0.2, 0.25) is 5.02 Å². The largest absolute Gasteiger partial charge is 0.332 e. The zero-order valence-electron chi connectivity index (χ0n) is 12.9. The molecule has 0 radical (unpaired) electrons. The first kappa shape index (κ1) is 15.3. The average Bonchev–Trinajstić information content (AvgIpc) is 2.98. The highest BCUT2D eigenvalue weighted by Gasteiger charge is 2.41. The van der Waals surface area contributed by atoms with Crippen LogP contribution in [0.4, 0.5) is 16.4 Å². The molecular formula is C17H11ClN6O. The Labute approximate surface area is 148 Å². The Morgan fingerprint density at radius 2 is 1.92 bits per heavy atom. The molecule has 8 heteroatoms. The number of hydrogen-bond donors (Lipinski definition) is 0. The van der Waals surface area contributed by atoms with Gasteiger partial charge in [-0.25, -0.2) is 14.8 Å². The zero-order chi connectivity index (χ0) is 17.4. The second kappa shape index (κ2) is 6.00. The van der Waals surface area contributed by atoms with E-state index < -0.39 is 6.04 Å². The van der Waals surface area contributed by atoms with Crippen LogP contribution in [0.5, 0.6) is 0 Å². The van der Waals surface area contributed by atoms with E-state index in [9.17, 15) is 10.1 Å². The van der Waals surface area contributed by atoms with Gasteiger partial charge in [-0.15, -0.1) is 0 Å². The maximum Gasteiger partial charge on any atom is 0.332 e. The van der Waals surface area contributed by atoms with Crippen LogP contribution >= 0.6 is 11.6 Å². The number of anilines is 2. The van der Waals surface area contributed by atoms with Gasteiger partial charge in [0.25, 0.3) is 0 Å². The first-order valence-electron chi connectivity index (χ1n) is 7.49. The van der Waals surface area contributed by atoms with E-state index in [1.807, 2.05) is 24.3 Å². The predicted octanol–water partition coefficient (Wildman–Crippen LogP) is 3.02. The van der Waals surface area contributed by atoms with Gasteiger partial charge >= 0.3 is 6.03 Å². The van der Waals surface area contributed by atoms with Gasteiger partial charge in [-0.1, -0.05) is 35.9 Å². The molecule has 1 aromatic carbocycles. The number of carbonyl (C=O) groups excluding carboxylic acids is 1. The second-order valence-electron chi connectivity index (χ2n) is 5.49. The van der Waals surface area contributed by atoms with Gasteiger partial charge in [0.1, 0.15) is 6.04 Å². The van der Waals surface area contributed by atoms with E-state index in [0.29, 0.717) is 10.7 Å². The molecule has 3 aromatic rings. The highest BCUT2D eigenvalue weighted by atomic mass is 35.5. The SMILES string of the molecule is N#CC1CN(c2ncc(Cl)cn2)C(=O)N1c1cncc2ccccc12. The molecule has 1 aliphatic rings. The summed E-state index contributed by atoms with van der Waals surface area (Å²) < 4.78 is 0. The van der Waals surface area contributed by atoms with Crippen molar-refractivity contribution in [2.75, 3.05) is 16.3 Å². The van der Waals surface area contributed by atoms with Crippen LogP contribution in [0.15, 0.2) is 49.1 Å². The summed E-state index contributed by atoms with van der Waals surface area (Å²) in [4.78, 5) is 28.1. The van der Waals surface area contributed by atoms with Crippen LogP contribution < -0.4 is 9.80 Å². The lowest BCUT2D eigenvalue weighted by molar-refractivity contribution is 0.255. The first-order chi connectivity index (χ1) is 12.2. The van der Waals surface area contributed by atoms with E-state index in [4.69, 9.17) is 11.6 Å². The molecule has 122 valence electrons. The number of pyridine rings is 1. The zero-order valence-corrected chi connectivity index (χ0v) is 13.6. The number of nitrogens with zero attached hydrogens (tertiary/aromatic N) is 6. The number of halogens is 1. The van der Waals surface area contributed by atoms with Gasteiger partial charge in [0.2, 0.25) is 5.95 Å². The van der Waals surface area contributed by atoms with Crippen molar-refractivity contribution in [1.29, 1.82) is 5.26 Å². The van der Waals surface area contributed by atoms with Gasteiger partial charge in [0.15, 0.2) is 0 Å². The molecule has 1 aliphatic heterocycles. The topological polar surface area (TPSA) is 86.0 Å². The lowest BCUT2D eigenvalue weighted by Gasteiger charge is -2.20. The van der Waals surface area contributed by atoms with Gasteiger partial charge in [0.05, 0.1) is 41.9 Å². The van der Waals surface area contributed by atoms with Crippen molar-refractivity contribution in [2.45, 2.75) is 6.04 Å². The number of urea groups is 1. The molecule has 0 N–H and O–H groups in total. The van der Waals surface area contributed by atoms with Crippen molar-refractivity contribution in [3.8, 4) is 6.07 Å². The molecule has 3 heterocycles. The fraction of sp³-hybridized carbons (Fsp3) is 0.118. The van der Waals surface area contributed by atoms with Gasteiger partial charge in [-0.3, -0.25) is 14.8 Å². The maximum absolute atomic E-state index is 13.0. The highest BCUT2D eigenvalue weighted by molar-refractivity contribution is 6.30. The maximum atomic E-state index is 13.0. The van der Waals surface area contributed by atoms with Crippen molar-refractivity contribution in [1.82, 2.24) is 15.0 Å². The number of hydrogen-bond acceptors (Lipinski definition) is 5. The smallest absolute Gasteiger partial charge is 0.273 e. The summed E-state index contributed by atoms with van der Waals surface area (Å²) in [6, 6.07) is 8.73. The predicted molar refractivity (Wildman–Crippen MR) is 93.4 cm³/mol. The lowest BCUT2D eigenvalue weighted by atomic mass is 10.1. The van der Waals surface area contributed by atoms with Crippen molar-refractivity contribution >= 4 is 40.0 Å². The summed E-state index contributed by atoms with van der Waals surface area (Å²) in [5.74, 6) is 0.213. The van der Waals surface area contributed by atoms with E-state index in [2.05, 4.69) is 21.0 Å². The standard InChI is InChI=1S/C17H11ClN6O/c18-12-7-21-16(22-8-12)23-10-13(5-19)24(17(23)25)15-9-20-6-11-3-1-2-4-14(11)15/h1-4,6-9,13H,10H2. The molecule has 7 nitrogen and oxygen atoms in total. The fourth-order valence-corrected chi connectivity index (χ4v) is 2.97. The lowest BCUT2D eigenvalue weighted by Crippen LogP contribution is -2.35. The third-order valence-electron chi connectivity index (χ3n) is 4.01. The van der Waals surface area contributed by atoms with Crippen molar-refractivity contribution in [3.63, 3.8) is 0 Å². The summed E-state index contributed by atoms with van der Waals surface area (Å²) in [7, 11) is 0. The van der Waals surface area contributed by atoms with E-state index in [0.717, 1.165) is 10.8 Å². The molecule has 2 amide bonds. The Balaban J connectivity index is 1.80. The number of rotatable bonds is 2. The van der Waals surface area contributed by atoms with E-state index in [1.165, 1.54) is 22.2 Å². The molecule has 1 atom stereocenters. The molecule has 2 aromatic heterocycles. The minimum Gasteiger partial charge on any atom is -0.273 e. The quantitative estimate of drug-likeness (QED) is 0.709. The Kier molecular flexibility index (Phi) is 3.67. The fourth-order valence-electron chi connectivity index (χ4n) is 2.87. The Morgan fingerprint density at radius 3 is 2.68 bits per heavy atom. The Hall–Kier alpha value is -3.24. The number of amides is 2. The molecule has 0 spiro atoms. The highest BCUT2D eigenvalue weighted by Crippen LogP contribution is 2.32. The first-order valence-corrected chi connectivity index (χ1v) is 7.87.